The van der Waals surface area contributed by atoms with E-state index < -0.39 is 0 Å². The average molecular weight is 252 g/mol. The molecule has 0 atom stereocenters. The molecule has 0 bridgehead atoms. The van der Waals surface area contributed by atoms with Gasteiger partial charge in [0.15, 0.2) is 0 Å². The van der Waals surface area contributed by atoms with E-state index in [1.165, 1.54) is 7.11 Å². The lowest BCUT2D eigenvalue weighted by Crippen LogP contribution is -2.05. The molecule has 0 saturated carbocycles. The molecule has 1 aromatic carbocycles. The zero-order valence-corrected chi connectivity index (χ0v) is 11.1. The molecule has 1 aromatic rings. The molecule has 0 radical (unpaired) electrons. The Labute approximate surface area is 106 Å². The molecule has 0 spiro atoms. The van der Waals surface area contributed by atoms with E-state index in [4.69, 9.17) is 16.3 Å². The highest BCUT2D eigenvalue weighted by Crippen LogP contribution is 2.27. The molecule has 3 nitrogen and oxygen atoms in total. The summed E-state index contributed by atoms with van der Waals surface area (Å²) >= 11 is 5.97. The van der Waals surface area contributed by atoms with Gasteiger partial charge in [0.1, 0.15) is 5.75 Å². The van der Waals surface area contributed by atoms with Crippen LogP contribution in [0, 0.1) is 18.9 Å². The number of halogens is 1. The van der Waals surface area contributed by atoms with E-state index in [-0.39, 0.29) is 5.78 Å². The Bertz CT molecular complexity index is 498. The topological polar surface area (TPSA) is 29.5 Å². The minimum atomic E-state index is -0.249. The number of Topliss-reactive ketones (excluding diaryl/α,β-unsaturated/α-hetero) is 1. The lowest BCUT2D eigenvalue weighted by molar-refractivity contribution is 0.105. The maximum absolute atomic E-state index is 11.8. The van der Waals surface area contributed by atoms with Crippen molar-refractivity contribution >= 4 is 17.4 Å². The molecule has 4 heteroatoms. The van der Waals surface area contributed by atoms with Crippen LogP contribution >= 0.6 is 11.6 Å². The molecule has 0 saturated heterocycles. The number of benzene rings is 1. The number of hydrogen-bond acceptors (Lipinski definition) is 3. The van der Waals surface area contributed by atoms with E-state index in [1.807, 2.05) is 6.92 Å². The molecule has 0 heterocycles. The highest BCUT2D eigenvalue weighted by molar-refractivity contribution is 6.32. The third-order valence-electron chi connectivity index (χ3n) is 2.14. The predicted molar refractivity (Wildman–Crippen MR) is 68.5 cm³/mol. The van der Waals surface area contributed by atoms with Gasteiger partial charge in [-0.05, 0) is 30.5 Å². The number of carbonyl (C=O) groups is 1. The first-order valence-electron chi connectivity index (χ1n) is 5.03. The van der Waals surface area contributed by atoms with Crippen LogP contribution in [-0.4, -0.2) is 31.9 Å². The Morgan fingerprint density at radius 2 is 2.06 bits per heavy atom. The van der Waals surface area contributed by atoms with E-state index in [0.29, 0.717) is 16.3 Å². The van der Waals surface area contributed by atoms with Crippen LogP contribution in [0.5, 0.6) is 5.75 Å². The Balaban J connectivity index is 3.13. The maximum atomic E-state index is 11.8. The zero-order chi connectivity index (χ0) is 13.0. The van der Waals surface area contributed by atoms with Gasteiger partial charge in [-0.2, -0.15) is 0 Å². The van der Waals surface area contributed by atoms with Crippen LogP contribution in [0.4, 0.5) is 0 Å². The minimum Gasteiger partial charge on any atom is -0.495 e. The molecule has 0 unspecified atom stereocenters. The fourth-order valence-electron chi connectivity index (χ4n) is 1.29. The van der Waals surface area contributed by atoms with Gasteiger partial charge in [-0.3, -0.25) is 4.79 Å². The molecule has 1 rings (SSSR count). The van der Waals surface area contributed by atoms with E-state index in [2.05, 4.69) is 12.0 Å². The van der Waals surface area contributed by atoms with Gasteiger partial charge >= 0.3 is 0 Å². The lowest BCUT2D eigenvalue weighted by atomic mass is 10.0. The predicted octanol–water partition coefficient (Wildman–Crippen LogP) is 2.36. The molecule has 0 amide bonds. The molecule has 17 heavy (non-hydrogen) atoms. The quantitative estimate of drug-likeness (QED) is 0.459. The first-order chi connectivity index (χ1) is 7.95. The third kappa shape index (κ3) is 3.40. The number of hydrogen-bond donors (Lipinski definition) is 0. The van der Waals surface area contributed by atoms with Crippen LogP contribution < -0.4 is 4.74 Å². The van der Waals surface area contributed by atoms with Crippen LogP contribution in [0.1, 0.15) is 15.9 Å². The number of aryl methyl sites for hydroxylation is 1. The summed E-state index contributed by atoms with van der Waals surface area (Å²) in [5, 5.41) is 0.410. The summed E-state index contributed by atoms with van der Waals surface area (Å²) in [7, 11) is 5.08. The van der Waals surface area contributed by atoms with Crippen LogP contribution in [-0.2, 0) is 0 Å². The molecule has 0 aliphatic rings. The number of methoxy groups -OCH3 is 1. The number of ketones is 1. The lowest BCUT2D eigenvalue weighted by Gasteiger charge is -2.07. The Kier molecular flexibility index (Phi) is 4.42. The number of carbonyl (C=O) groups excluding carboxylic acids is 1. The average Bonchev–Trinajstić information content (AvgIpc) is 2.28. The van der Waals surface area contributed by atoms with E-state index in [9.17, 15) is 4.79 Å². The molecular weight excluding hydrogens is 238 g/mol. The maximum Gasteiger partial charge on any atom is 0.237 e. The van der Waals surface area contributed by atoms with Gasteiger partial charge in [-0.15, -0.1) is 0 Å². The normalized spacial score (nSPS) is 9.24. The van der Waals surface area contributed by atoms with Gasteiger partial charge in [-0.25, -0.2) is 0 Å². The van der Waals surface area contributed by atoms with E-state index >= 15 is 0 Å². The monoisotopic (exact) mass is 251 g/mol. The van der Waals surface area contributed by atoms with Crippen LogP contribution in [0.25, 0.3) is 0 Å². The smallest absolute Gasteiger partial charge is 0.237 e. The van der Waals surface area contributed by atoms with Crippen molar-refractivity contribution in [2.24, 2.45) is 0 Å². The van der Waals surface area contributed by atoms with Crippen molar-refractivity contribution < 1.29 is 9.53 Å². The number of rotatable bonds is 2. The van der Waals surface area contributed by atoms with Gasteiger partial charge < -0.3 is 9.64 Å². The molecule has 0 aliphatic heterocycles. The fourth-order valence-corrected chi connectivity index (χ4v) is 1.53. The molecule has 0 fully saturated rings. The highest BCUT2D eigenvalue weighted by Gasteiger charge is 2.11. The van der Waals surface area contributed by atoms with Gasteiger partial charge in [0.2, 0.25) is 5.78 Å². The van der Waals surface area contributed by atoms with Crippen LogP contribution in [0.2, 0.25) is 5.02 Å². The summed E-state index contributed by atoms with van der Waals surface area (Å²) in [5.74, 6) is 2.85. The van der Waals surface area contributed by atoms with E-state index in [1.54, 1.807) is 31.1 Å². The first-order valence-corrected chi connectivity index (χ1v) is 5.41. The third-order valence-corrected chi connectivity index (χ3v) is 2.43. The second kappa shape index (κ2) is 5.60. The van der Waals surface area contributed by atoms with Crippen molar-refractivity contribution in [1.29, 1.82) is 0 Å². The minimum absolute atomic E-state index is 0.249. The summed E-state index contributed by atoms with van der Waals surface area (Å²) in [4.78, 5) is 13.4. The summed E-state index contributed by atoms with van der Waals surface area (Å²) in [6.45, 7) is 1.82. The van der Waals surface area contributed by atoms with Gasteiger partial charge in [0.05, 0.1) is 12.1 Å². The van der Waals surface area contributed by atoms with Crippen LogP contribution in [0.3, 0.4) is 0 Å². The fraction of sp³-hybridized carbons (Fsp3) is 0.308. The Morgan fingerprint density at radius 3 is 2.59 bits per heavy atom. The van der Waals surface area contributed by atoms with Crippen LogP contribution in [0.15, 0.2) is 12.1 Å². The summed E-state index contributed by atoms with van der Waals surface area (Å²) in [6.07, 6.45) is 0. The first kappa shape index (κ1) is 13.4. The highest BCUT2D eigenvalue weighted by atomic mass is 35.5. The molecule has 0 aromatic heterocycles. The van der Waals surface area contributed by atoms with Crippen molar-refractivity contribution in [2.45, 2.75) is 6.92 Å². The Hall–Kier alpha value is -1.66. The SMILES string of the molecule is COc1cc(C)c(C(=O)C#CN(C)C)cc1Cl. The number of ether oxygens (including phenoxy) is 1. The van der Waals surface area contributed by atoms with Gasteiger partial charge in [0, 0.05) is 25.7 Å². The largest absolute Gasteiger partial charge is 0.495 e. The van der Waals surface area contributed by atoms with Gasteiger partial charge in [0.25, 0.3) is 0 Å². The molecule has 0 N–H and O–H groups in total. The van der Waals surface area contributed by atoms with Crippen molar-refractivity contribution in [3.63, 3.8) is 0 Å². The number of nitrogens with zero attached hydrogens (tertiary/aromatic N) is 1. The molecule has 0 aliphatic carbocycles. The second-order valence-electron chi connectivity index (χ2n) is 3.76. The van der Waals surface area contributed by atoms with Crippen molar-refractivity contribution in [1.82, 2.24) is 4.90 Å². The standard InChI is InChI=1S/C13H14ClNO2/c1-9-7-13(17-4)11(14)8-10(9)12(16)5-6-15(2)3/h7-8H,1-4H3. The summed E-state index contributed by atoms with van der Waals surface area (Å²) < 4.78 is 5.07. The van der Waals surface area contributed by atoms with E-state index in [0.717, 1.165) is 5.56 Å². The molecule has 90 valence electrons. The summed E-state index contributed by atoms with van der Waals surface area (Å²) in [5.41, 5.74) is 1.30. The van der Waals surface area contributed by atoms with Crippen molar-refractivity contribution in [2.75, 3.05) is 21.2 Å². The zero-order valence-electron chi connectivity index (χ0n) is 10.3. The Morgan fingerprint density at radius 1 is 1.41 bits per heavy atom. The van der Waals surface area contributed by atoms with Crippen molar-refractivity contribution in [3.8, 4) is 17.7 Å². The summed E-state index contributed by atoms with van der Waals surface area (Å²) in [6, 6.07) is 5.99. The molecular formula is C13H14ClNO2. The second-order valence-corrected chi connectivity index (χ2v) is 4.17. The van der Waals surface area contributed by atoms with Crippen molar-refractivity contribution in [3.05, 3.63) is 28.3 Å². The van der Waals surface area contributed by atoms with Gasteiger partial charge in [-0.1, -0.05) is 11.6 Å².